The van der Waals surface area contributed by atoms with Gasteiger partial charge in [-0.05, 0) is 24.7 Å². The van der Waals surface area contributed by atoms with Crippen LogP contribution in [0.3, 0.4) is 0 Å². The van der Waals surface area contributed by atoms with Crippen molar-refractivity contribution in [1.29, 1.82) is 0 Å². The number of nitrogens with one attached hydrogen (secondary N) is 2. The molecule has 4 nitrogen and oxygen atoms in total. The van der Waals surface area contributed by atoms with Gasteiger partial charge in [0, 0.05) is 6.54 Å². The highest BCUT2D eigenvalue weighted by Gasteiger charge is 2.03. The standard InChI is InChI=1S/C10H14N2O2/c1-11-12-7-8-3-5-9(6-4-8)10(13)14-2/h3-6,11-12H,7H2,1-2H3. The molecule has 76 valence electrons. The molecule has 14 heavy (non-hydrogen) atoms. The van der Waals surface area contributed by atoms with Gasteiger partial charge in [-0.2, -0.15) is 0 Å². The minimum absolute atomic E-state index is 0.307. The molecule has 0 aliphatic carbocycles. The quantitative estimate of drug-likeness (QED) is 0.547. The molecule has 0 heterocycles. The molecule has 1 aromatic carbocycles. The number of esters is 1. The molecular formula is C10H14N2O2. The van der Waals surface area contributed by atoms with Crippen molar-refractivity contribution in [2.75, 3.05) is 14.2 Å². The second kappa shape index (κ2) is 5.36. The second-order valence-corrected chi connectivity index (χ2v) is 2.79. The molecule has 0 fully saturated rings. The molecule has 0 aromatic heterocycles. The number of carbonyl (C=O) groups excluding carboxylic acids is 1. The van der Waals surface area contributed by atoms with Crippen LogP contribution >= 0.6 is 0 Å². The first-order valence-electron chi connectivity index (χ1n) is 4.34. The zero-order valence-electron chi connectivity index (χ0n) is 8.33. The first kappa shape index (κ1) is 10.7. The minimum atomic E-state index is -0.307. The van der Waals surface area contributed by atoms with Gasteiger partial charge in [0.25, 0.3) is 0 Å². The largest absolute Gasteiger partial charge is 0.465 e. The molecule has 0 saturated carbocycles. The maximum Gasteiger partial charge on any atom is 0.337 e. The predicted octanol–water partition coefficient (Wildman–Crippen LogP) is 0.697. The molecule has 0 aliphatic rings. The number of hydrazine groups is 1. The molecule has 0 spiro atoms. The van der Waals surface area contributed by atoms with Gasteiger partial charge in [0.1, 0.15) is 0 Å². The van der Waals surface area contributed by atoms with Crippen LogP contribution in [0.1, 0.15) is 15.9 Å². The van der Waals surface area contributed by atoms with Gasteiger partial charge in [-0.1, -0.05) is 12.1 Å². The van der Waals surface area contributed by atoms with E-state index in [4.69, 9.17) is 0 Å². The van der Waals surface area contributed by atoms with E-state index in [1.54, 1.807) is 12.1 Å². The van der Waals surface area contributed by atoms with Crippen molar-refractivity contribution in [2.24, 2.45) is 0 Å². The summed E-state index contributed by atoms with van der Waals surface area (Å²) in [4.78, 5) is 11.1. The van der Waals surface area contributed by atoms with Crippen molar-refractivity contribution in [2.45, 2.75) is 6.54 Å². The molecule has 2 N–H and O–H groups in total. The van der Waals surface area contributed by atoms with E-state index in [0.29, 0.717) is 5.56 Å². The number of ether oxygens (including phenoxy) is 1. The van der Waals surface area contributed by atoms with Crippen LogP contribution < -0.4 is 10.9 Å². The van der Waals surface area contributed by atoms with E-state index in [1.165, 1.54) is 7.11 Å². The molecule has 0 unspecified atom stereocenters. The molecule has 1 rings (SSSR count). The molecule has 0 atom stereocenters. The maximum absolute atomic E-state index is 11.1. The molecule has 0 bridgehead atoms. The van der Waals surface area contributed by atoms with Gasteiger partial charge in [-0.3, -0.25) is 10.9 Å². The molecule has 1 aromatic rings. The summed E-state index contributed by atoms with van der Waals surface area (Å²) in [6.45, 7) is 0.720. The van der Waals surface area contributed by atoms with Gasteiger partial charge in [0.05, 0.1) is 12.7 Å². The molecule has 0 saturated heterocycles. The van der Waals surface area contributed by atoms with Crippen LogP contribution in [-0.2, 0) is 11.3 Å². The van der Waals surface area contributed by atoms with E-state index in [-0.39, 0.29) is 5.97 Å². The molecular weight excluding hydrogens is 180 g/mol. The average Bonchev–Trinajstić information content (AvgIpc) is 2.26. The van der Waals surface area contributed by atoms with Crippen LogP contribution in [0.4, 0.5) is 0 Å². The van der Waals surface area contributed by atoms with Crippen molar-refractivity contribution in [3.05, 3.63) is 35.4 Å². The van der Waals surface area contributed by atoms with Crippen LogP contribution in [0.25, 0.3) is 0 Å². The maximum atomic E-state index is 11.1. The van der Waals surface area contributed by atoms with Gasteiger partial charge in [0.15, 0.2) is 0 Å². The van der Waals surface area contributed by atoms with E-state index >= 15 is 0 Å². The molecule has 0 aliphatic heterocycles. The summed E-state index contributed by atoms with van der Waals surface area (Å²) < 4.78 is 4.59. The summed E-state index contributed by atoms with van der Waals surface area (Å²) in [5.74, 6) is -0.307. The smallest absolute Gasteiger partial charge is 0.337 e. The highest BCUT2D eigenvalue weighted by molar-refractivity contribution is 5.89. The van der Waals surface area contributed by atoms with Crippen LogP contribution in [0.2, 0.25) is 0 Å². The number of benzene rings is 1. The number of hydrogen-bond acceptors (Lipinski definition) is 4. The fourth-order valence-electron chi connectivity index (χ4n) is 1.07. The van der Waals surface area contributed by atoms with Crippen molar-refractivity contribution in [3.63, 3.8) is 0 Å². The topological polar surface area (TPSA) is 50.4 Å². The molecule has 0 amide bonds. The van der Waals surface area contributed by atoms with E-state index < -0.39 is 0 Å². The minimum Gasteiger partial charge on any atom is -0.465 e. The first-order chi connectivity index (χ1) is 6.77. The average molecular weight is 194 g/mol. The van der Waals surface area contributed by atoms with E-state index in [9.17, 15) is 4.79 Å². The highest BCUT2D eigenvalue weighted by Crippen LogP contribution is 2.05. The monoisotopic (exact) mass is 194 g/mol. The molecule has 0 radical (unpaired) electrons. The van der Waals surface area contributed by atoms with Crippen molar-refractivity contribution >= 4 is 5.97 Å². The third-order valence-electron chi connectivity index (χ3n) is 1.84. The lowest BCUT2D eigenvalue weighted by atomic mass is 10.1. The van der Waals surface area contributed by atoms with Crippen molar-refractivity contribution < 1.29 is 9.53 Å². The summed E-state index contributed by atoms with van der Waals surface area (Å²) in [5, 5.41) is 0. The Labute approximate surface area is 83.2 Å². The number of hydrogen-bond donors (Lipinski definition) is 2. The Morgan fingerprint density at radius 2 is 2.00 bits per heavy atom. The van der Waals surface area contributed by atoms with Gasteiger partial charge >= 0.3 is 5.97 Å². The lowest BCUT2D eigenvalue weighted by Crippen LogP contribution is -2.26. The van der Waals surface area contributed by atoms with Crippen LogP contribution in [-0.4, -0.2) is 20.1 Å². The normalized spacial score (nSPS) is 9.86. The Hall–Kier alpha value is -1.39. The fourth-order valence-corrected chi connectivity index (χ4v) is 1.07. The lowest BCUT2D eigenvalue weighted by molar-refractivity contribution is 0.0600. The zero-order chi connectivity index (χ0) is 10.4. The Morgan fingerprint density at radius 3 is 2.50 bits per heavy atom. The third kappa shape index (κ3) is 2.83. The Morgan fingerprint density at radius 1 is 1.36 bits per heavy atom. The highest BCUT2D eigenvalue weighted by atomic mass is 16.5. The van der Waals surface area contributed by atoms with Crippen molar-refractivity contribution in [1.82, 2.24) is 10.9 Å². The van der Waals surface area contributed by atoms with Gasteiger partial charge < -0.3 is 4.74 Å². The number of rotatable bonds is 4. The zero-order valence-corrected chi connectivity index (χ0v) is 8.33. The van der Waals surface area contributed by atoms with E-state index in [1.807, 2.05) is 19.2 Å². The predicted molar refractivity (Wildman–Crippen MR) is 53.7 cm³/mol. The lowest BCUT2D eigenvalue weighted by Gasteiger charge is -2.03. The summed E-state index contributed by atoms with van der Waals surface area (Å²) in [5.41, 5.74) is 7.46. The summed E-state index contributed by atoms with van der Waals surface area (Å²) in [7, 11) is 3.18. The summed E-state index contributed by atoms with van der Waals surface area (Å²) in [6, 6.07) is 7.27. The molecule has 4 heteroatoms. The van der Waals surface area contributed by atoms with Crippen LogP contribution in [0.5, 0.6) is 0 Å². The summed E-state index contributed by atoms with van der Waals surface area (Å²) in [6.07, 6.45) is 0. The van der Waals surface area contributed by atoms with E-state index in [2.05, 4.69) is 15.6 Å². The summed E-state index contributed by atoms with van der Waals surface area (Å²) >= 11 is 0. The SMILES string of the molecule is CNNCc1ccc(C(=O)OC)cc1. The fraction of sp³-hybridized carbons (Fsp3) is 0.300. The Bertz CT molecular complexity index is 295. The van der Waals surface area contributed by atoms with Gasteiger partial charge in [-0.15, -0.1) is 0 Å². The number of methoxy groups -OCH3 is 1. The van der Waals surface area contributed by atoms with E-state index in [0.717, 1.165) is 12.1 Å². The van der Waals surface area contributed by atoms with Crippen molar-refractivity contribution in [3.8, 4) is 0 Å². The van der Waals surface area contributed by atoms with Gasteiger partial charge in [0.2, 0.25) is 0 Å². The van der Waals surface area contributed by atoms with Crippen LogP contribution in [0, 0.1) is 0 Å². The Kier molecular flexibility index (Phi) is 4.10. The van der Waals surface area contributed by atoms with Crippen LogP contribution in [0.15, 0.2) is 24.3 Å². The number of carbonyl (C=O) groups is 1. The van der Waals surface area contributed by atoms with Gasteiger partial charge in [-0.25, -0.2) is 4.79 Å². The third-order valence-corrected chi connectivity index (χ3v) is 1.84. The first-order valence-corrected chi connectivity index (χ1v) is 4.34. The Balaban J connectivity index is 2.63. The second-order valence-electron chi connectivity index (χ2n) is 2.79.